The number of carbonyl (C=O) groups is 1. The summed E-state index contributed by atoms with van der Waals surface area (Å²) in [5.74, 6) is -0.834. The molecule has 3 heterocycles. The second kappa shape index (κ2) is 7.80. The average Bonchev–Trinajstić information content (AvgIpc) is 3.19. The Kier molecular flexibility index (Phi) is 5.18. The molecule has 1 aromatic heterocycles. The van der Waals surface area contributed by atoms with Gasteiger partial charge in [-0.15, -0.1) is 0 Å². The highest BCUT2D eigenvalue weighted by Crippen LogP contribution is 2.45. The molecule has 4 rings (SSSR count). The zero-order chi connectivity index (χ0) is 21.3. The first-order valence-corrected chi connectivity index (χ1v) is 9.34. The number of ketones is 1. The number of hydrogen-bond donors (Lipinski definition) is 1. The van der Waals surface area contributed by atoms with Crippen LogP contribution in [0.2, 0.25) is 0 Å². The molecule has 0 amide bonds. The van der Waals surface area contributed by atoms with Gasteiger partial charge >= 0.3 is 0 Å². The van der Waals surface area contributed by atoms with Crippen LogP contribution in [0, 0.1) is 17.1 Å². The highest BCUT2D eigenvalue weighted by Gasteiger charge is 2.54. The normalized spacial score (nSPS) is 25.0. The number of ether oxygens (including phenoxy) is 2. The lowest BCUT2D eigenvalue weighted by atomic mass is 9.80. The highest BCUT2D eigenvalue weighted by molar-refractivity contribution is 5.95. The van der Waals surface area contributed by atoms with Gasteiger partial charge < -0.3 is 15.2 Å². The first-order chi connectivity index (χ1) is 14.5. The molecule has 2 aliphatic rings. The molecule has 7 nitrogen and oxygen atoms in total. The molecule has 0 aliphatic carbocycles. The minimum absolute atomic E-state index is 0.0317. The third-order valence-corrected chi connectivity index (χ3v) is 5.36. The van der Waals surface area contributed by atoms with Crippen LogP contribution < -0.4 is 5.73 Å². The number of nitriles is 1. The Morgan fingerprint density at radius 2 is 2.20 bits per heavy atom. The van der Waals surface area contributed by atoms with E-state index in [1.165, 1.54) is 36.5 Å². The fourth-order valence-electron chi connectivity index (χ4n) is 3.97. The lowest BCUT2D eigenvalue weighted by Gasteiger charge is -2.38. The number of fused-ring (bicyclic) bond motifs is 1. The summed E-state index contributed by atoms with van der Waals surface area (Å²) in [5.41, 5.74) is 5.81. The van der Waals surface area contributed by atoms with Crippen molar-refractivity contribution in [2.24, 2.45) is 10.7 Å². The van der Waals surface area contributed by atoms with Crippen LogP contribution in [-0.2, 0) is 21.4 Å². The van der Waals surface area contributed by atoms with Crippen molar-refractivity contribution >= 4 is 11.8 Å². The molecule has 0 radical (unpaired) electrons. The Morgan fingerprint density at radius 3 is 2.90 bits per heavy atom. The summed E-state index contributed by atoms with van der Waals surface area (Å²) in [7, 11) is 0. The summed E-state index contributed by atoms with van der Waals surface area (Å²) in [6, 6.07) is 8.99. The first-order valence-electron chi connectivity index (χ1n) is 9.34. The summed E-state index contributed by atoms with van der Waals surface area (Å²) >= 11 is 0. The molecule has 3 atom stereocenters. The van der Waals surface area contributed by atoms with Crippen LogP contribution in [-0.4, -0.2) is 42.3 Å². The second-order valence-electron chi connectivity index (χ2n) is 7.18. The van der Waals surface area contributed by atoms with E-state index in [-0.39, 0.29) is 36.1 Å². The Bertz CT molecular complexity index is 1050. The molecule has 2 aromatic rings. The van der Waals surface area contributed by atoms with Crippen molar-refractivity contribution < 1.29 is 23.0 Å². The molecular formula is C21H18F2N4O3. The number of rotatable bonds is 5. The van der Waals surface area contributed by atoms with Gasteiger partial charge in [-0.05, 0) is 29.8 Å². The van der Waals surface area contributed by atoms with Crippen LogP contribution >= 0.6 is 0 Å². The Balaban J connectivity index is 1.67. The van der Waals surface area contributed by atoms with Crippen molar-refractivity contribution in [2.75, 3.05) is 13.3 Å². The van der Waals surface area contributed by atoms with E-state index < -0.39 is 30.2 Å². The molecule has 154 valence electrons. The number of pyridine rings is 1. The minimum atomic E-state index is -1.21. The fraction of sp³-hybridized carbons (Fsp3) is 0.333. The van der Waals surface area contributed by atoms with E-state index in [1.54, 1.807) is 0 Å². The van der Waals surface area contributed by atoms with Gasteiger partial charge in [0.25, 0.3) is 6.02 Å². The van der Waals surface area contributed by atoms with E-state index in [0.29, 0.717) is 17.5 Å². The standard InChI is InChI=1S/C21H18F2N4O3/c22-9-18-19-21(5-6-29-19,27-20(25)30-18)14-7-12(1-3-15(14)23)8-17(28)16-4-2-13(10-24)11-26-16/h1-4,7,11,18-19H,5-6,8-9H2,(H2,25,27)/t18-,19+,21-/m1/s1. The maximum Gasteiger partial charge on any atom is 0.283 e. The zero-order valence-electron chi connectivity index (χ0n) is 15.8. The molecule has 30 heavy (non-hydrogen) atoms. The lowest BCUT2D eigenvalue weighted by Crippen LogP contribution is -2.51. The van der Waals surface area contributed by atoms with Gasteiger partial charge in [0.05, 0.1) is 12.2 Å². The molecule has 9 heteroatoms. The first kappa shape index (κ1) is 19.9. The molecule has 0 bridgehead atoms. The van der Waals surface area contributed by atoms with Gasteiger partial charge in [0, 0.05) is 24.6 Å². The van der Waals surface area contributed by atoms with Crippen molar-refractivity contribution in [3.05, 3.63) is 64.7 Å². The van der Waals surface area contributed by atoms with Gasteiger partial charge in [-0.2, -0.15) is 5.26 Å². The summed E-state index contributed by atoms with van der Waals surface area (Å²) in [4.78, 5) is 20.9. The third-order valence-electron chi connectivity index (χ3n) is 5.36. The lowest BCUT2D eigenvalue weighted by molar-refractivity contribution is -0.0443. The van der Waals surface area contributed by atoms with Gasteiger partial charge in [-0.25, -0.2) is 13.8 Å². The SMILES string of the molecule is N#Cc1ccc(C(=O)Cc2ccc(F)c([C@]34CCO[C@H]3[C@@H](CF)OC(N)=N4)c2)nc1. The molecule has 0 saturated carbocycles. The third kappa shape index (κ3) is 3.39. The smallest absolute Gasteiger partial charge is 0.283 e. The number of carbonyl (C=O) groups excluding carboxylic acids is 1. The molecule has 0 spiro atoms. The summed E-state index contributed by atoms with van der Waals surface area (Å²) < 4.78 is 39.2. The number of benzene rings is 1. The van der Waals surface area contributed by atoms with Gasteiger partial charge in [0.2, 0.25) is 0 Å². The van der Waals surface area contributed by atoms with Crippen molar-refractivity contribution in [2.45, 2.75) is 30.6 Å². The Hall–Kier alpha value is -3.38. The van der Waals surface area contributed by atoms with Gasteiger partial charge in [-0.3, -0.25) is 9.78 Å². The number of alkyl halides is 1. The van der Waals surface area contributed by atoms with Crippen molar-refractivity contribution in [3.8, 4) is 6.07 Å². The second-order valence-corrected chi connectivity index (χ2v) is 7.18. The molecule has 1 saturated heterocycles. The van der Waals surface area contributed by atoms with Crippen LogP contribution in [0.1, 0.15) is 33.6 Å². The van der Waals surface area contributed by atoms with Crippen LogP contribution in [0.25, 0.3) is 0 Å². The average molecular weight is 412 g/mol. The molecular weight excluding hydrogens is 394 g/mol. The maximum absolute atomic E-state index is 14.9. The van der Waals surface area contributed by atoms with Crippen LogP contribution in [0.5, 0.6) is 0 Å². The van der Waals surface area contributed by atoms with Crippen LogP contribution in [0.4, 0.5) is 8.78 Å². The van der Waals surface area contributed by atoms with Gasteiger partial charge in [-0.1, -0.05) is 6.07 Å². The number of Topliss-reactive ketones (excluding diaryl/α,β-unsaturated/α-hetero) is 1. The fourth-order valence-corrected chi connectivity index (χ4v) is 3.97. The van der Waals surface area contributed by atoms with Gasteiger partial charge in [0.15, 0.2) is 11.9 Å². The van der Waals surface area contributed by atoms with Crippen LogP contribution in [0.3, 0.4) is 0 Å². The predicted octanol–water partition coefficient (Wildman–Crippen LogP) is 2.18. The molecule has 1 aromatic carbocycles. The number of halogens is 2. The van der Waals surface area contributed by atoms with Gasteiger partial charge in [0.1, 0.15) is 35.9 Å². The predicted molar refractivity (Wildman–Crippen MR) is 102 cm³/mol. The number of nitrogens with two attached hydrogens (primary N) is 1. The largest absolute Gasteiger partial charge is 0.456 e. The van der Waals surface area contributed by atoms with E-state index in [2.05, 4.69) is 9.98 Å². The Morgan fingerprint density at radius 1 is 1.37 bits per heavy atom. The number of amidine groups is 1. The molecule has 1 fully saturated rings. The monoisotopic (exact) mass is 412 g/mol. The zero-order valence-corrected chi connectivity index (χ0v) is 15.8. The number of hydrogen-bond acceptors (Lipinski definition) is 7. The number of nitrogens with zero attached hydrogens (tertiary/aromatic N) is 3. The summed E-state index contributed by atoms with van der Waals surface area (Å²) in [6.07, 6.45) is -0.216. The van der Waals surface area contributed by atoms with E-state index in [4.69, 9.17) is 20.5 Å². The number of aliphatic imine (C=N–C) groups is 1. The van der Waals surface area contributed by atoms with E-state index in [1.807, 2.05) is 6.07 Å². The maximum atomic E-state index is 14.9. The topological polar surface area (TPSA) is 111 Å². The van der Waals surface area contributed by atoms with E-state index in [9.17, 15) is 13.6 Å². The summed E-state index contributed by atoms with van der Waals surface area (Å²) in [6.45, 7) is -0.605. The van der Waals surface area contributed by atoms with Crippen LogP contribution in [0.15, 0.2) is 41.5 Å². The van der Waals surface area contributed by atoms with E-state index in [0.717, 1.165) is 0 Å². The van der Waals surface area contributed by atoms with Crippen molar-refractivity contribution in [1.82, 2.24) is 4.98 Å². The van der Waals surface area contributed by atoms with Crippen molar-refractivity contribution in [3.63, 3.8) is 0 Å². The minimum Gasteiger partial charge on any atom is -0.456 e. The summed E-state index contributed by atoms with van der Waals surface area (Å²) in [5, 5.41) is 8.84. The molecule has 2 aliphatic heterocycles. The number of aromatic nitrogens is 1. The molecule has 2 N–H and O–H groups in total. The highest BCUT2D eigenvalue weighted by atomic mass is 19.1. The quantitative estimate of drug-likeness (QED) is 0.754. The molecule has 0 unspecified atom stereocenters. The van der Waals surface area contributed by atoms with Crippen molar-refractivity contribution in [1.29, 1.82) is 5.26 Å². The Labute approximate surface area is 171 Å². The van der Waals surface area contributed by atoms with E-state index >= 15 is 0 Å².